The molecule has 0 heterocycles. The molecule has 0 bridgehead atoms. The Morgan fingerprint density at radius 2 is 1.88 bits per heavy atom. The molecule has 0 unspecified atom stereocenters. The fourth-order valence-corrected chi connectivity index (χ4v) is 2.94. The molecule has 2 aliphatic carbocycles. The largest absolute Gasteiger partial charge is 0.0842 e. The topological polar surface area (TPSA) is 0 Å². The number of allylic oxidation sites excluding steroid dienone is 13. The van der Waals surface area contributed by atoms with Gasteiger partial charge in [0, 0.05) is 0 Å². The highest BCUT2D eigenvalue weighted by Crippen LogP contribution is 2.23. The van der Waals surface area contributed by atoms with Crippen molar-refractivity contribution in [1.29, 1.82) is 0 Å². The molecule has 0 radical (unpaired) electrons. The van der Waals surface area contributed by atoms with Crippen LogP contribution in [0.1, 0.15) is 31.7 Å². The Balaban J connectivity index is 1.78. The quantitative estimate of drug-likeness (QED) is 0.528. The van der Waals surface area contributed by atoms with E-state index in [1.54, 1.807) is 0 Å². The summed E-state index contributed by atoms with van der Waals surface area (Å²) in [7, 11) is 0. The molecule has 1 aromatic carbocycles. The average molecular weight is 312 g/mol. The van der Waals surface area contributed by atoms with Gasteiger partial charge >= 0.3 is 0 Å². The first-order valence-corrected chi connectivity index (χ1v) is 8.65. The lowest BCUT2D eigenvalue weighted by Crippen LogP contribution is -1.90. The molecule has 3 rings (SSSR count). The van der Waals surface area contributed by atoms with Crippen LogP contribution in [-0.2, 0) is 0 Å². The van der Waals surface area contributed by atoms with Crippen molar-refractivity contribution in [2.45, 2.75) is 26.2 Å². The number of benzene rings is 1. The van der Waals surface area contributed by atoms with Gasteiger partial charge in [-0.1, -0.05) is 96.7 Å². The molecule has 0 heteroatoms. The highest BCUT2D eigenvalue weighted by atomic mass is 14.1. The molecule has 0 atom stereocenters. The molecule has 0 fully saturated rings. The minimum atomic E-state index is 1.07. The van der Waals surface area contributed by atoms with Crippen LogP contribution in [0.4, 0.5) is 0 Å². The number of hydrogen-bond donors (Lipinski definition) is 0. The van der Waals surface area contributed by atoms with E-state index in [2.05, 4.69) is 98.0 Å². The maximum atomic E-state index is 2.24. The molecule has 1 aromatic rings. The van der Waals surface area contributed by atoms with Crippen molar-refractivity contribution < 1.29 is 0 Å². The van der Waals surface area contributed by atoms with Crippen molar-refractivity contribution in [3.05, 3.63) is 113 Å². The smallest absolute Gasteiger partial charge is 0.00668 e. The summed E-state index contributed by atoms with van der Waals surface area (Å²) in [6.45, 7) is 2.18. The summed E-state index contributed by atoms with van der Waals surface area (Å²) in [6.07, 6.45) is 25.4. The molecule has 0 aliphatic heterocycles. The van der Waals surface area contributed by atoms with E-state index in [1.165, 1.54) is 27.9 Å². The Kier molecular flexibility index (Phi) is 5.63. The van der Waals surface area contributed by atoms with Gasteiger partial charge in [0.1, 0.15) is 0 Å². The lowest BCUT2D eigenvalue weighted by atomic mass is 9.96. The van der Waals surface area contributed by atoms with E-state index in [-0.39, 0.29) is 0 Å². The third-order valence-corrected chi connectivity index (χ3v) is 4.29. The standard InChI is InChI=1S/C24H24/c1-20-15-16-22(19-20)11-8-14-24(23-12-6-3-7-13-23)18-17-21-9-4-2-5-10-21/h2-6,8-12,14-18H,7,13,19H2,1H3/b11-8-,18-17+,24-14+. The molecule has 24 heavy (non-hydrogen) atoms. The van der Waals surface area contributed by atoms with Crippen molar-refractivity contribution in [1.82, 2.24) is 0 Å². The van der Waals surface area contributed by atoms with Crippen LogP contribution >= 0.6 is 0 Å². The average Bonchev–Trinajstić information content (AvgIpc) is 3.05. The first-order chi connectivity index (χ1) is 11.8. The fourth-order valence-electron chi connectivity index (χ4n) is 2.94. The van der Waals surface area contributed by atoms with Crippen LogP contribution < -0.4 is 0 Å². The zero-order chi connectivity index (χ0) is 16.6. The third-order valence-electron chi connectivity index (χ3n) is 4.29. The molecule has 0 amide bonds. The summed E-state index contributed by atoms with van der Waals surface area (Å²) in [5.74, 6) is 0. The zero-order valence-electron chi connectivity index (χ0n) is 14.3. The summed E-state index contributed by atoms with van der Waals surface area (Å²) < 4.78 is 0. The van der Waals surface area contributed by atoms with Crippen LogP contribution in [0.3, 0.4) is 0 Å². The molecule has 0 saturated carbocycles. The molecule has 0 spiro atoms. The molecule has 0 N–H and O–H groups in total. The van der Waals surface area contributed by atoms with Crippen LogP contribution in [0, 0.1) is 0 Å². The number of hydrogen-bond acceptors (Lipinski definition) is 0. The second-order valence-corrected chi connectivity index (χ2v) is 6.32. The van der Waals surface area contributed by atoms with Crippen molar-refractivity contribution in [3.63, 3.8) is 0 Å². The molecule has 2 aliphatic rings. The maximum absolute atomic E-state index is 2.24. The molecule has 0 nitrogen and oxygen atoms in total. The summed E-state index contributed by atoms with van der Waals surface area (Å²) in [5.41, 5.74) is 6.75. The van der Waals surface area contributed by atoms with Crippen molar-refractivity contribution in [3.8, 4) is 0 Å². The SMILES string of the molecule is CC1=CC=C(\C=C/C=C(\C=C\c2ccccc2)C2=CC=CCC2)C1. The lowest BCUT2D eigenvalue weighted by Gasteiger charge is -2.10. The van der Waals surface area contributed by atoms with E-state index in [1.807, 2.05) is 0 Å². The summed E-state index contributed by atoms with van der Waals surface area (Å²) in [4.78, 5) is 0. The second-order valence-electron chi connectivity index (χ2n) is 6.32. The number of rotatable bonds is 5. The van der Waals surface area contributed by atoms with E-state index < -0.39 is 0 Å². The van der Waals surface area contributed by atoms with Crippen LogP contribution in [0.15, 0.2) is 107 Å². The summed E-state index contributed by atoms with van der Waals surface area (Å²) in [6, 6.07) is 10.5. The summed E-state index contributed by atoms with van der Waals surface area (Å²) >= 11 is 0. The first-order valence-electron chi connectivity index (χ1n) is 8.65. The third kappa shape index (κ3) is 4.70. The van der Waals surface area contributed by atoms with Crippen molar-refractivity contribution in [2.75, 3.05) is 0 Å². The van der Waals surface area contributed by atoms with Gasteiger partial charge in [-0.05, 0) is 48.5 Å². The fraction of sp³-hybridized carbons (Fsp3) is 0.167. The van der Waals surface area contributed by atoms with Gasteiger partial charge in [0.15, 0.2) is 0 Å². The normalized spacial score (nSPS) is 18.2. The van der Waals surface area contributed by atoms with Crippen LogP contribution in [0.2, 0.25) is 0 Å². The Morgan fingerprint density at radius 3 is 2.58 bits per heavy atom. The Hall–Kier alpha value is -2.60. The van der Waals surface area contributed by atoms with Gasteiger partial charge < -0.3 is 0 Å². The molecular formula is C24H24. The molecular weight excluding hydrogens is 288 g/mol. The molecule has 120 valence electrons. The highest BCUT2D eigenvalue weighted by molar-refractivity contribution is 5.58. The van der Waals surface area contributed by atoms with Crippen LogP contribution in [0.25, 0.3) is 6.08 Å². The van der Waals surface area contributed by atoms with Gasteiger partial charge in [-0.3, -0.25) is 0 Å². The monoisotopic (exact) mass is 312 g/mol. The Morgan fingerprint density at radius 1 is 1.00 bits per heavy atom. The first kappa shape index (κ1) is 16.3. The van der Waals surface area contributed by atoms with Crippen molar-refractivity contribution in [2.24, 2.45) is 0 Å². The van der Waals surface area contributed by atoms with Crippen LogP contribution in [-0.4, -0.2) is 0 Å². The minimum absolute atomic E-state index is 1.07. The Bertz CT molecular complexity index is 775. The second kappa shape index (κ2) is 8.31. The predicted octanol–water partition coefficient (Wildman–Crippen LogP) is 6.74. The molecule has 0 aromatic heterocycles. The lowest BCUT2D eigenvalue weighted by molar-refractivity contribution is 0.978. The highest BCUT2D eigenvalue weighted by Gasteiger charge is 2.04. The maximum Gasteiger partial charge on any atom is -0.00668 e. The van der Waals surface area contributed by atoms with Gasteiger partial charge in [0.05, 0.1) is 0 Å². The van der Waals surface area contributed by atoms with E-state index >= 15 is 0 Å². The molecule has 0 saturated heterocycles. The van der Waals surface area contributed by atoms with E-state index in [0.29, 0.717) is 0 Å². The minimum Gasteiger partial charge on any atom is -0.0842 e. The predicted molar refractivity (Wildman–Crippen MR) is 106 cm³/mol. The van der Waals surface area contributed by atoms with Crippen molar-refractivity contribution >= 4 is 6.08 Å². The summed E-state index contributed by atoms with van der Waals surface area (Å²) in [5, 5.41) is 0. The van der Waals surface area contributed by atoms with E-state index in [0.717, 1.165) is 19.3 Å². The van der Waals surface area contributed by atoms with E-state index in [9.17, 15) is 0 Å². The van der Waals surface area contributed by atoms with Gasteiger partial charge in [0.2, 0.25) is 0 Å². The van der Waals surface area contributed by atoms with Gasteiger partial charge in [-0.25, -0.2) is 0 Å². The zero-order valence-corrected chi connectivity index (χ0v) is 14.3. The van der Waals surface area contributed by atoms with Gasteiger partial charge in [-0.15, -0.1) is 0 Å². The van der Waals surface area contributed by atoms with Crippen LogP contribution in [0.5, 0.6) is 0 Å². The van der Waals surface area contributed by atoms with Gasteiger partial charge in [0.25, 0.3) is 0 Å². The Labute approximate surface area is 145 Å². The van der Waals surface area contributed by atoms with Gasteiger partial charge in [-0.2, -0.15) is 0 Å². The van der Waals surface area contributed by atoms with E-state index in [4.69, 9.17) is 0 Å².